The van der Waals surface area contributed by atoms with E-state index < -0.39 is 36.0 Å². The molecule has 2 aromatic rings. The zero-order valence-corrected chi connectivity index (χ0v) is 16.9. The Morgan fingerprint density at radius 3 is 2.20 bits per heavy atom. The molecule has 0 aromatic heterocycles. The van der Waals surface area contributed by atoms with Crippen LogP contribution in [0.25, 0.3) is 0 Å². The van der Waals surface area contributed by atoms with Crippen molar-refractivity contribution in [2.24, 2.45) is 0 Å². The molecular weight excluding hydrogens is 390 g/mol. The first kappa shape index (κ1) is 22.6. The first-order valence-electron chi connectivity index (χ1n) is 9.22. The Balaban J connectivity index is 2.35. The van der Waals surface area contributed by atoms with Crippen LogP contribution in [0.4, 0.5) is 0 Å². The quantitative estimate of drug-likeness (QED) is 0.503. The Hall–Kier alpha value is -3.68. The van der Waals surface area contributed by atoms with E-state index in [1.807, 2.05) is 6.07 Å². The minimum absolute atomic E-state index is 0.125. The molecule has 8 nitrogen and oxygen atoms in total. The number of nitrogens with one attached hydrogen (secondary N) is 1. The van der Waals surface area contributed by atoms with Gasteiger partial charge in [0.25, 0.3) is 5.91 Å². The molecule has 158 valence electrons. The molecule has 0 spiro atoms. The van der Waals surface area contributed by atoms with Crippen LogP contribution in [0.1, 0.15) is 35.3 Å². The predicted molar refractivity (Wildman–Crippen MR) is 107 cm³/mol. The van der Waals surface area contributed by atoms with Crippen molar-refractivity contribution in [1.29, 1.82) is 0 Å². The number of benzene rings is 2. The summed E-state index contributed by atoms with van der Waals surface area (Å²) in [4.78, 5) is 47.4. The van der Waals surface area contributed by atoms with Crippen LogP contribution >= 0.6 is 0 Å². The van der Waals surface area contributed by atoms with Crippen LogP contribution in [0.5, 0.6) is 5.75 Å². The molecule has 0 heterocycles. The van der Waals surface area contributed by atoms with Crippen molar-refractivity contribution in [3.63, 3.8) is 0 Å². The topological polar surface area (TPSA) is 119 Å². The molecule has 2 atom stereocenters. The molecule has 0 fully saturated rings. The summed E-state index contributed by atoms with van der Waals surface area (Å²) in [6, 6.07) is 12.5. The van der Waals surface area contributed by atoms with E-state index in [0.29, 0.717) is 5.56 Å². The zero-order valence-electron chi connectivity index (χ0n) is 16.9. The molecule has 1 amide bonds. The number of aliphatic carboxylic acids is 1. The number of esters is 2. The lowest BCUT2D eigenvalue weighted by atomic mass is 9.99. The van der Waals surface area contributed by atoms with Crippen LogP contribution in [-0.4, -0.2) is 41.1 Å². The third kappa shape index (κ3) is 6.16. The highest BCUT2D eigenvalue weighted by Crippen LogP contribution is 2.22. The number of hydrogen-bond donors (Lipinski definition) is 2. The minimum Gasteiger partial charge on any atom is -0.478 e. The summed E-state index contributed by atoms with van der Waals surface area (Å²) in [5, 5.41) is 12.2. The van der Waals surface area contributed by atoms with Crippen molar-refractivity contribution in [3.05, 3.63) is 65.2 Å². The smallest absolute Gasteiger partial charge is 0.347 e. The minimum atomic E-state index is -1.58. The number of hydrogen-bond acceptors (Lipinski definition) is 6. The van der Waals surface area contributed by atoms with E-state index in [4.69, 9.17) is 9.47 Å². The molecule has 8 heteroatoms. The van der Waals surface area contributed by atoms with Crippen molar-refractivity contribution in [3.8, 4) is 5.75 Å². The Kier molecular flexibility index (Phi) is 7.69. The molecule has 0 aliphatic heterocycles. The van der Waals surface area contributed by atoms with Crippen molar-refractivity contribution in [1.82, 2.24) is 5.32 Å². The van der Waals surface area contributed by atoms with Gasteiger partial charge >= 0.3 is 17.9 Å². The summed E-state index contributed by atoms with van der Waals surface area (Å²) in [6.45, 7) is 3.96. The van der Waals surface area contributed by atoms with Gasteiger partial charge in [-0.3, -0.25) is 14.4 Å². The van der Waals surface area contributed by atoms with E-state index in [9.17, 15) is 24.3 Å². The van der Waals surface area contributed by atoms with Gasteiger partial charge in [0.2, 0.25) is 6.10 Å². The number of carbonyl (C=O) groups is 4. The summed E-state index contributed by atoms with van der Waals surface area (Å²) < 4.78 is 10.1. The lowest BCUT2D eigenvalue weighted by Crippen LogP contribution is -2.50. The van der Waals surface area contributed by atoms with Gasteiger partial charge in [0.05, 0.1) is 6.04 Å². The SMILES string of the molecule is CC(=O)Oc1cccc(C(=O)NC(Cc2ccccc2)[C@H](OC(C)=O)C(=O)O)c1C. The fourth-order valence-electron chi connectivity index (χ4n) is 2.96. The molecule has 30 heavy (non-hydrogen) atoms. The van der Waals surface area contributed by atoms with E-state index in [0.717, 1.165) is 12.5 Å². The Labute approximate surface area is 173 Å². The van der Waals surface area contributed by atoms with Gasteiger partial charge < -0.3 is 19.9 Å². The number of carbonyl (C=O) groups excluding carboxylic acids is 3. The van der Waals surface area contributed by atoms with E-state index in [2.05, 4.69) is 5.32 Å². The normalized spacial score (nSPS) is 12.4. The Bertz CT molecular complexity index is 940. The number of rotatable bonds is 8. The standard InChI is InChI=1S/C22H23NO7/c1-13-17(10-7-11-19(13)29-14(2)24)21(26)23-18(12-16-8-5-4-6-9-16)20(22(27)28)30-15(3)25/h4-11,18,20H,12H2,1-3H3,(H,23,26)(H,27,28)/t18?,20-/m0/s1. The summed E-state index contributed by atoms with van der Waals surface area (Å²) in [7, 11) is 0. The molecule has 0 aliphatic carbocycles. The van der Waals surface area contributed by atoms with Crippen molar-refractivity contribution in [2.75, 3.05) is 0 Å². The van der Waals surface area contributed by atoms with Gasteiger partial charge in [0.15, 0.2) is 0 Å². The largest absolute Gasteiger partial charge is 0.478 e. The maximum absolute atomic E-state index is 12.9. The summed E-state index contributed by atoms with van der Waals surface area (Å²) in [6.07, 6.45) is -1.46. The van der Waals surface area contributed by atoms with Crippen LogP contribution in [-0.2, 0) is 25.5 Å². The molecule has 0 aliphatic rings. The first-order valence-corrected chi connectivity index (χ1v) is 9.22. The molecule has 1 unspecified atom stereocenters. The molecule has 0 radical (unpaired) electrons. The average Bonchev–Trinajstić information content (AvgIpc) is 2.67. The van der Waals surface area contributed by atoms with Crippen molar-refractivity contribution in [2.45, 2.75) is 39.3 Å². The summed E-state index contributed by atoms with van der Waals surface area (Å²) >= 11 is 0. The molecule has 2 N–H and O–H groups in total. The highest BCUT2D eigenvalue weighted by atomic mass is 16.6. The maximum Gasteiger partial charge on any atom is 0.347 e. The van der Waals surface area contributed by atoms with Gasteiger partial charge in [-0.05, 0) is 31.0 Å². The van der Waals surface area contributed by atoms with E-state index in [1.165, 1.54) is 13.0 Å². The van der Waals surface area contributed by atoms with Gasteiger partial charge in [0.1, 0.15) is 5.75 Å². The van der Waals surface area contributed by atoms with E-state index in [1.54, 1.807) is 43.3 Å². The van der Waals surface area contributed by atoms with Gasteiger partial charge in [-0.15, -0.1) is 0 Å². The van der Waals surface area contributed by atoms with Gasteiger partial charge in [-0.2, -0.15) is 0 Å². The molecule has 2 aromatic carbocycles. The van der Waals surface area contributed by atoms with E-state index in [-0.39, 0.29) is 17.7 Å². The second-order valence-electron chi connectivity index (χ2n) is 6.66. The van der Waals surface area contributed by atoms with Crippen molar-refractivity contribution >= 4 is 23.8 Å². The monoisotopic (exact) mass is 413 g/mol. The van der Waals surface area contributed by atoms with Crippen LogP contribution in [0.15, 0.2) is 48.5 Å². The first-order chi connectivity index (χ1) is 14.2. The van der Waals surface area contributed by atoms with Gasteiger partial charge in [0, 0.05) is 25.0 Å². The lowest BCUT2D eigenvalue weighted by molar-refractivity contribution is -0.164. The predicted octanol–water partition coefficient (Wildman–Crippen LogP) is 2.28. The second-order valence-corrected chi connectivity index (χ2v) is 6.66. The molecular formula is C22H23NO7. The van der Waals surface area contributed by atoms with Crippen molar-refractivity contribution < 1.29 is 33.8 Å². The fourth-order valence-corrected chi connectivity index (χ4v) is 2.96. The highest BCUT2D eigenvalue weighted by molar-refractivity contribution is 5.97. The van der Waals surface area contributed by atoms with Crippen LogP contribution in [0.3, 0.4) is 0 Å². The average molecular weight is 413 g/mol. The van der Waals surface area contributed by atoms with Crippen LogP contribution in [0.2, 0.25) is 0 Å². The molecule has 0 saturated carbocycles. The molecule has 2 rings (SSSR count). The van der Waals surface area contributed by atoms with Crippen LogP contribution in [0, 0.1) is 6.92 Å². The third-order valence-corrected chi connectivity index (χ3v) is 4.30. The number of amides is 1. The lowest BCUT2D eigenvalue weighted by Gasteiger charge is -2.25. The summed E-state index contributed by atoms with van der Waals surface area (Å²) in [5.74, 6) is -3.04. The number of ether oxygens (including phenoxy) is 2. The second kappa shape index (κ2) is 10.2. The van der Waals surface area contributed by atoms with Gasteiger partial charge in [-0.25, -0.2) is 4.79 Å². The highest BCUT2D eigenvalue weighted by Gasteiger charge is 2.33. The van der Waals surface area contributed by atoms with Crippen LogP contribution < -0.4 is 10.1 Å². The number of carboxylic acids is 1. The van der Waals surface area contributed by atoms with E-state index >= 15 is 0 Å². The molecule has 0 bridgehead atoms. The fraction of sp³-hybridized carbons (Fsp3) is 0.273. The van der Waals surface area contributed by atoms with Gasteiger partial charge in [-0.1, -0.05) is 36.4 Å². The number of carboxylic acid groups (broad SMARTS) is 1. The third-order valence-electron chi connectivity index (χ3n) is 4.30. The Morgan fingerprint density at radius 2 is 1.63 bits per heavy atom. The molecule has 0 saturated heterocycles. The maximum atomic E-state index is 12.9. The zero-order chi connectivity index (χ0) is 22.3. The summed E-state index contributed by atoms with van der Waals surface area (Å²) in [5.41, 5.74) is 1.38. The Morgan fingerprint density at radius 1 is 0.967 bits per heavy atom.